The molecule has 2 aliphatic heterocycles. The molecule has 0 amide bonds. The highest BCUT2D eigenvalue weighted by Gasteiger charge is 2.38. The van der Waals surface area contributed by atoms with Crippen molar-refractivity contribution in [3.8, 4) is 0 Å². The Bertz CT molecular complexity index is 1420. The van der Waals surface area contributed by atoms with Crippen LogP contribution < -0.4 is 0 Å². The van der Waals surface area contributed by atoms with Crippen LogP contribution in [0.4, 0.5) is 13.2 Å². The Balaban J connectivity index is 1.67. The molecule has 0 saturated heterocycles. The second kappa shape index (κ2) is 9.89. The first kappa shape index (κ1) is 24.2. The van der Waals surface area contributed by atoms with Gasteiger partial charge in [0, 0.05) is 17.3 Å². The van der Waals surface area contributed by atoms with E-state index in [0.29, 0.717) is 28.5 Å². The molecular weight excluding hydrogens is 479 g/mol. The first-order valence-corrected chi connectivity index (χ1v) is 11.7. The smallest absolute Gasteiger partial charge is 0.416 e. The summed E-state index contributed by atoms with van der Waals surface area (Å²) in [4.78, 5) is 24.6. The highest BCUT2D eigenvalue weighted by atomic mass is 19.4. The predicted octanol–water partition coefficient (Wildman–Crippen LogP) is 6.41. The number of alkyl halides is 3. The maximum absolute atomic E-state index is 13.3. The highest BCUT2D eigenvalue weighted by molar-refractivity contribution is 6.17. The van der Waals surface area contributed by atoms with Gasteiger partial charge in [-0.3, -0.25) is 0 Å². The molecule has 0 aliphatic carbocycles. The summed E-state index contributed by atoms with van der Waals surface area (Å²) in [6, 6.07) is 23.0. The van der Waals surface area contributed by atoms with E-state index in [1.807, 2.05) is 60.7 Å². The molecule has 0 radical (unpaired) electrons. The molecule has 37 heavy (non-hydrogen) atoms. The number of halogens is 3. The van der Waals surface area contributed by atoms with Gasteiger partial charge in [0.25, 0.3) is 0 Å². The summed E-state index contributed by atoms with van der Waals surface area (Å²) in [5, 5.41) is 0. The van der Waals surface area contributed by atoms with Crippen molar-refractivity contribution in [3.05, 3.63) is 125 Å². The maximum atomic E-state index is 13.3. The van der Waals surface area contributed by atoms with Crippen molar-refractivity contribution < 1.29 is 22.7 Å². The molecule has 0 N–H and O–H groups in total. The van der Waals surface area contributed by atoms with Crippen LogP contribution in [0.15, 0.2) is 113 Å². The van der Waals surface area contributed by atoms with Gasteiger partial charge in [0.2, 0.25) is 5.96 Å². The Morgan fingerprint density at radius 2 is 1.54 bits per heavy atom. The molecule has 2 aliphatic rings. The monoisotopic (exact) mass is 501 g/mol. The molecule has 0 saturated carbocycles. The van der Waals surface area contributed by atoms with Crippen molar-refractivity contribution in [1.82, 2.24) is 4.90 Å². The average molecular weight is 502 g/mol. The number of fused-ring (bicyclic) bond motifs is 1. The summed E-state index contributed by atoms with van der Waals surface area (Å²) in [7, 11) is 0. The maximum Gasteiger partial charge on any atom is 0.416 e. The summed E-state index contributed by atoms with van der Waals surface area (Å²) in [5.41, 5.74) is 2.62. The Labute approximate surface area is 211 Å². The van der Waals surface area contributed by atoms with Crippen molar-refractivity contribution >= 4 is 23.3 Å². The van der Waals surface area contributed by atoms with E-state index in [9.17, 15) is 18.0 Å². The van der Waals surface area contributed by atoms with Gasteiger partial charge in [-0.25, -0.2) is 14.8 Å². The van der Waals surface area contributed by atoms with E-state index >= 15 is 0 Å². The molecule has 8 heteroatoms. The number of aliphatic imine (C=N–C) groups is 2. The summed E-state index contributed by atoms with van der Waals surface area (Å²) >= 11 is 0. The molecule has 1 unspecified atom stereocenters. The number of carbonyl (C=O) groups is 1. The van der Waals surface area contributed by atoms with E-state index in [0.717, 1.165) is 23.3 Å². The van der Waals surface area contributed by atoms with Crippen molar-refractivity contribution in [3.63, 3.8) is 0 Å². The molecule has 5 rings (SSSR count). The number of esters is 1. The van der Waals surface area contributed by atoms with Crippen LogP contribution in [0.25, 0.3) is 5.70 Å². The van der Waals surface area contributed by atoms with Crippen molar-refractivity contribution in [2.75, 3.05) is 6.61 Å². The van der Waals surface area contributed by atoms with Crippen molar-refractivity contribution in [2.24, 2.45) is 9.98 Å². The van der Waals surface area contributed by atoms with E-state index in [4.69, 9.17) is 14.7 Å². The third kappa shape index (κ3) is 4.82. The summed E-state index contributed by atoms with van der Waals surface area (Å²) < 4.78 is 44.6. The van der Waals surface area contributed by atoms with Crippen molar-refractivity contribution in [2.45, 2.75) is 19.1 Å². The summed E-state index contributed by atoms with van der Waals surface area (Å²) in [5.74, 6) is -0.165. The Kier molecular flexibility index (Phi) is 6.48. The summed E-state index contributed by atoms with van der Waals surface area (Å²) in [6.45, 7) is 1.95. The van der Waals surface area contributed by atoms with Gasteiger partial charge in [-0.2, -0.15) is 13.2 Å². The van der Waals surface area contributed by atoms with Crippen molar-refractivity contribution in [1.29, 1.82) is 0 Å². The van der Waals surface area contributed by atoms with Gasteiger partial charge in [0.1, 0.15) is 0 Å². The minimum Gasteiger partial charge on any atom is -0.463 e. The fourth-order valence-electron chi connectivity index (χ4n) is 4.32. The third-order valence-corrected chi connectivity index (χ3v) is 6.03. The molecule has 186 valence electrons. The number of rotatable bonds is 5. The Morgan fingerprint density at radius 3 is 2.16 bits per heavy atom. The predicted molar refractivity (Wildman–Crippen MR) is 136 cm³/mol. The number of guanidine groups is 1. The molecule has 2 heterocycles. The number of benzene rings is 3. The van der Waals surface area contributed by atoms with Crippen LogP contribution in [0, 0.1) is 0 Å². The summed E-state index contributed by atoms with van der Waals surface area (Å²) in [6.07, 6.45) is -0.972. The molecule has 0 fully saturated rings. The van der Waals surface area contributed by atoms with Crippen LogP contribution in [-0.4, -0.2) is 29.1 Å². The van der Waals surface area contributed by atoms with Gasteiger partial charge < -0.3 is 9.64 Å². The fourth-order valence-corrected chi connectivity index (χ4v) is 4.32. The zero-order chi connectivity index (χ0) is 26.0. The lowest BCUT2D eigenvalue weighted by Gasteiger charge is -2.36. The van der Waals surface area contributed by atoms with Gasteiger partial charge in [-0.05, 0) is 30.7 Å². The lowest BCUT2D eigenvalue weighted by molar-refractivity contribution is -0.139. The van der Waals surface area contributed by atoms with E-state index in [-0.39, 0.29) is 6.61 Å². The second-order valence-electron chi connectivity index (χ2n) is 8.37. The molecule has 5 nitrogen and oxygen atoms in total. The number of nitrogens with zero attached hydrogens (tertiary/aromatic N) is 3. The first-order valence-electron chi connectivity index (χ1n) is 11.7. The van der Waals surface area contributed by atoms with E-state index < -0.39 is 23.8 Å². The Hall–Kier alpha value is -4.46. The van der Waals surface area contributed by atoms with Gasteiger partial charge in [0.15, 0.2) is 0 Å². The molecule has 0 spiro atoms. The molecule has 0 bridgehead atoms. The first-order chi connectivity index (χ1) is 17.9. The second-order valence-corrected chi connectivity index (χ2v) is 8.37. The topological polar surface area (TPSA) is 54.3 Å². The minimum atomic E-state index is -4.42. The fraction of sp³-hybridized carbons (Fsp3) is 0.138. The molecule has 0 aromatic heterocycles. The van der Waals surface area contributed by atoms with Crippen LogP contribution in [0.1, 0.15) is 35.2 Å². The molecule has 1 atom stereocenters. The van der Waals surface area contributed by atoms with Gasteiger partial charge in [-0.15, -0.1) is 0 Å². The zero-order valence-electron chi connectivity index (χ0n) is 19.8. The van der Waals surface area contributed by atoms with Crippen LogP contribution in [-0.2, 0) is 15.7 Å². The van der Waals surface area contributed by atoms with Crippen LogP contribution in [0.5, 0.6) is 0 Å². The molecular formula is C29H22F3N3O2. The van der Waals surface area contributed by atoms with E-state index in [1.54, 1.807) is 24.1 Å². The standard InChI is InChI=1S/C29H22F3N3O2/c1-2-37-27(36)24-25(20-9-5-3-6-10-20)34-28-33-23(19-13-15-22(16-14-19)29(30,31)32)17-18-35(28)26(24)21-11-7-4-8-12-21/h3-18,26H,2H2,1H3. The SMILES string of the molecule is CCOC(=O)C1=C(c2ccccc2)N=C2N=C(c3ccc(C(F)(F)F)cc3)C=CN2C1c1ccccc1. The number of hydrogen-bond acceptors (Lipinski definition) is 5. The van der Waals surface area contributed by atoms with E-state index in [1.165, 1.54) is 12.1 Å². The molecule has 3 aromatic rings. The quantitative estimate of drug-likeness (QED) is 0.380. The zero-order valence-corrected chi connectivity index (χ0v) is 19.8. The van der Waals surface area contributed by atoms with Gasteiger partial charge in [0.05, 0.1) is 35.2 Å². The van der Waals surface area contributed by atoms with E-state index in [2.05, 4.69) is 0 Å². The van der Waals surface area contributed by atoms with Crippen LogP contribution >= 0.6 is 0 Å². The number of hydrogen-bond donors (Lipinski definition) is 0. The largest absolute Gasteiger partial charge is 0.463 e. The molecule has 3 aromatic carbocycles. The lowest BCUT2D eigenvalue weighted by atomic mass is 9.91. The van der Waals surface area contributed by atoms with Crippen LogP contribution in [0.3, 0.4) is 0 Å². The third-order valence-electron chi connectivity index (χ3n) is 6.03. The number of allylic oxidation sites excluding steroid dienone is 1. The average Bonchev–Trinajstić information content (AvgIpc) is 2.92. The van der Waals surface area contributed by atoms with Gasteiger partial charge >= 0.3 is 12.1 Å². The lowest BCUT2D eigenvalue weighted by Crippen LogP contribution is -2.38. The number of carbonyl (C=O) groups excluding carboxylic acids is 1. The highest BCUT2D eigenvalue weighted by Crippen LogP contribution is 2.41. The Morgan fingerprint density at radius 1 is 0.892 bits per heavy atom. The van der Waals surface area contributed by atoms with Crippen LogP contribution in [0.2, 0.25) is 0 Å². The number of ether oxygens (including phenoxy) is 1. The normalized spacial score (nSPS) is 17.2. The minimum absolute atomic E-state index is 0.203. The van der Waals surface area contributed by atoms with Gasteiger partial charge in [-0.1, -0.05) is 72.8 Å².